The number of anilines is 1. The van der Waals surface area contributed by atoms with E-state index < -0.39 is 0 Å². The van der Waals surface area contributed by atoms with Crippen molar-refractivity contribution in [3.8, 4) is 6.07 Å². The van der Waals surface area contributed by atoms with Crippen molar-refractivity contribution in [2.45, 2.75) is 25.7 Å². The van der Waals surface area contributed by atoms with Crippen LogP contribution in [-0.4, -0.2) is 24.6 Å². The summed E-state index contributed by atoms with van der Waals surface area (Å²) in [6.45, 7) is 0.781. The van der Waals surface area contributed by atoms with Crippen molar-refractivity contribution < 1.29 is 9.53 Å². The molecule has 0 fully saturated rings. The Kier molecular flexibility index (Phi) is 6.26. The molecule has 0 radical (unpaired) electrons. The van der Waals surface area contributed by atoms with Gasteiger partial charge in [0.05, 0.1) is 7.11 Å². The van der Waals surface area contributed by atoms with Gasteiger partial charge in [-0.25, -0.2) is 4.98 Å². The number of nitrogens with zero attached hydrogens (tertiary/aromatic N) is 2. The third-order valence-corrected chi connectivity index (χ3v) is 2.46. The summed E-state index contributed by atoms with van der Waals surface area (Å²) < 4.78 is 4.56. The summed E-state index contributed by atoms with van der Waals surface area (Å²) in [6, 6.07) is 7.29. The minimum atomic E-state index is -0.161. The molecule has 5 nitrogen and oxygen atoms in total. The molecule has 1 heterocycles. The maximum absolute atomic E-state index is 10.9. The number of methoxy groups -OCH3 is 1. The number of unbranched alkanes of at least 4 members (excludes halogenated alkanes) is 2. The van der Waals surface area contributed by atoms with Crippen molar-refractivity contribution in [1.29, 1.82) is 5.26 Å². The lowest BCUT2D eigenvalue weighted by atomic mass is 10.2. The first-order valence-electron chi connectivity index (χ1n) is 5.94. The number of hydrogen-bond acceptors (Lipinski definition) is 5. The normalized spacial score (nSPS) is 9.56. The SMILES string of the molecule is COC(=O)CCCCCNc1cccc(C#N)n1. The van der Waals surface area contributed by atoms with Gasteiger partial charge in [-0.15, -0.1) is 0 Å². The van der Waals surface area contributed by atoms with E-state index in [9.17, 15) is 4.79 Å². The number of carbonyl (C=O) groups excluding carboxylic acids is 1. The zero-order valence-corrected chi connectivity index (χ0v) is 10.5. The lowest BCUT2D eigenvalue weighted by Gasteiger charge is -2.05. The molecule has 0 aliphatic carbocycles. The maximum atomic E-state index is 10.9. The number of nitrogens with one attached hydrogen (secondary N) is 1. The highest BCUT2D eigenvalue weighted by atomic mass is 16.5. The van der Waals surface area contributed by atoms with Crippen LogP contribution in [-0.2, 0) is 9.53 Å². The molecule has 0 unspecified atom stereocenters. The molecule has 1 aromatic rings. The first-order chi connectivity index (χ1) is 8.76. The standard InChI is InChI=1S/C13H17N3O2/c1-18-13(17)8-3-2-4-9-15-12-7-5-6-11(10-14)16-12/h5-7H,2-4,8-9H2,1H3,(H,15,16). The Morgan fingerprint density at radius 3 is 3.00 bits per heavy atom. The molecule has 0 saturated heterocycles. The van der Waals surface area contributed by atoms with Gasteiger partial charge in [0.25, 0.3) is 0 Å². The molecular formula is C13H17N3O2. The topological polar surface area (TPSA) is 75.0 Å². The number of aromatic nitrogens is 1. The van der Waals surface area contributed by atoms with Crippen LogP contribution in [0.4, 0.5) is 5.82 Å². The third-order valence-electron chi connectivity index (χ3n) is 2.46. The highest BCUT2D eigenvalue weighted by Gasteiger charge is 1.99. The van der Waals surface area contributed by atoms with E-state index in [0.29, 0.717) is 17.9 Å². The van der Waals surface area contributed by atoms with E-state index in [1.54, 1.807) is 12.1 Å². The number of ether oxygens (including phenoxy) is 1. The molecule has 0 aliphatic rings. The van der Waals surface area contributed by atoms with Crippen LogP contribution in [0, 0.1) is 11.3 Å². The van der Waals surface area contributed by atoms with Crippen LogP contribution in [0.5, 0.6) is 0 Å². The number of pyridine rings is 1. The lowest BCUT2D eigenvalue weighted by molar-refractivity contribution is -0.140. The quantitative estimate of drug-likeness (QED) is 0.590. The van der Waals surface area contributed by atoms with Gasteiger partial charge in [-0.1, -0.05) is 12.5 Å². The van der Waals surface area contributed by atoms with Crippen LogP contribution in [0.25, 0.3) is 0 Å². The predicted octanol–water partition coefficient (Wildman–Crippen LogP) is 2.10. The van der Waals surface area contributed by atoms with E-state index in [-0.39, 0.29) is 5.97 Å². The van der Waals surface area contributed by atoms with Crippen LogP contribution in [0.3, 0.4) is 0 Å². The van der Waals surface area contributed by atoms with Crippen molar-refractivity contribution in [3.63, 3.8) is 0 Å². The first kappa shape index (κ1) is 14.0. The molecule has 0 spiro atoms. The zero-order chi connectivity index (χ0) is 13.2. The van der Waals surface area contributed by atoms with Gasteiger partial charge in [0.1, 0.15) is 17.6 Å². The van der Waals surface area contributed by atoms with E-state index in [2.05, 4.69) is 15.0 Å². The number of hydrogen-bond donors (Lipinski definition) is 1. The van der Waals surface area contributed by atoms with Crippen LogP contribution < -0.4 is 5.32 Å². The van der Waals surface area contributed by atoms with E-state index >= 15 is 0 Å². The van der Waals surface area contributed by atoms with Crippen LogP contribution >= 0.6 is 0 Å². The zero-order valence-electron chi connectivity index (χ0n) is 10.5. The molecule has 0 aromatic carbocycles. The highest BCUT2D eigenvalue weighted by molar-refractivity contribution is 5.68. The predicted molar refractivity (Wildman–Crippen MR) is 67.9 cm³/mol. The summed E-state index contributed by atoms with van der Waals surface area (Å²) >= 11 is 0. The molecule has 0 atom stereocenters. The van der Waals surface area contributed by atoms with Gasteiger partial charge in [-0.3, -0.25) is 4.79 Å². The first-order valence-corrected chi connectivity index (χ1v) is 5.94. The second-order valence-corrected chi connectivity index (χ2v) is 3.83. The fourth-order valence-electron chi connectivity index (χ4n) is 1.49. The molecule has 18 heavy (non-hydrogen) atoms. The Hall–Kier alpha value is -2.09. The van der Waals surface area contributed by atoms with Crippen LogP contribution in [0.1, 0.15) is 31.4 Å². The van der Waals surface area contributed by atoms with E-state index in [4.69, 9.17) is 5.26 Å². The Morgan fingerprint density at radius 1 is 1.44 bits per heavy atom. The largest absolute Gasteiger partial charge is 0.469 e. The summed E-state index contributed by atoms with van der Waals surface area (Å²) in [7, 11) is 1.40. The molecule has 0 saturated carbocycles. The molecular weight excluding hydrogens is 230 g/mol. The summed E-state index contributed by atoms with van der Waals surface area (Å²) in [5, 5.41) is 11.8. The molecule has 0 amide bonds. The number of carbonyl (C=O) groups is 1. The summed E-state index contributed by atoms with van der Waals surface area (Å²) in [5.41, 5.74) is 0.408. The number of rotatable bonds is 7. The number of nitriles is 1. The molecule has 1 rings (SSSR count). The van der Waals surface area contributed by atoms with Gasteiger partial charge in [0.2, 0.25) is 0 Å². The van der Waals surface area contributed by atoms with Gasteiger partial charge in [0.15, 0.2) is 0 Å². The lowest BCUT2D eigenvalue weighted by Crippen LogP contribution is -2.04. The van der Waals surface area contributed by atoms with Crippen molar-refractivity contribution in [2.75, 3.05) is 19.0 Å². The fourth-order valence-corrected chi connectivity index (χ4v) is 1.49. The average molecular weight is 247 g/mol. The van der Waals surface area contributed by atoms with Gasteiger partial charge < -0.3 is 10.1 Å². The fraction of sp³-hybridized carbons (Fsp3) is 0.462. The summed E-state index contributed by atoms with van der Waals surface area (Å²) in [5.74, 6) is 0.549. The second-order valence-electron chi connectivity index (χ2n) is 3.83. The Labute approximate surface area is 107 Å². The third kappa shape index (κ3) is 5.30. The second kappa shape index (κ2) is 8.07. The highest BCUT2D eigenvalue weighted by Crippen LogP contribution is 2.05. The van der Waals surface area contributed by atoms with Crippen molar-refractivity contribution in [3.05, 3.63) is 23.9 Å². The monoisotopic (exact) mass is 247 g/mol. The van der Waals surface area contributed by atoms with E-state index in [1.165, 1.54) is 7.11 Å². The van der Waals surface area contributed by atoms with Crippen LogP contribution in [0.2, 0.25) is 0 Å². The molecule has 96 valence electrons. The smallest absolute Gasteiger partial charge is 0.305 e. The molecule has 0 bridgehead atoms. The number of esters is 1. The van der Waals surface area contributed by atoms with Crippen LogP contribution in [0.15, 0.2) is 18.2 Å². The van der Waals surface area contributed by atoms with Gasteiger partial charge in [-0.05, 0) is 25.0 Å². The summed E-state index contributed by atoms with van der Waals surface area (Å²) in [6.07, 6.45) is 3.22. The van der Waals surface area contributed by atoms with Gasteiger partial charge in [0, 0.05) is 13.0 Å². The Bertz CT molecular complexity index is 426. The molecule has 0 aliphatic heterocycles. The average Bonchev–Trinajstić information content (AvgIpc) is 2.42. The summed E-state index contributed by atoms with van der Waals surface area (Å²) in [4.78, 5) is 15.0. The Morgan fingerprint density at radius 2 is 2.28 bits per heavy atom. The maximum Gasteiger partial charge on any atom is 0.305 e. The van der Waals surface area contributed by atoms with Crippen molar-refractivity contribution in [1.82, 2.24) is 4.98 Å². The Balaban J connectivity index is 2.14. The minimum absolute atomic E-state index is 0.161. The molecule has 1 aromatic heterocycles. The van der Waals surface area contributed by atoms with Gasteiger partial charge in [-0.2, -0.15) is 5.26 Å². The minimum Gasteiger partial charge on any atom is -0.469 e. The molecule has 1 N–H and O–H groups in total. The molecule has 5 heteroatoms. The van der Waals surface area contributed by atoms with Crippen molar-refractivity contribution >= 4 is 11.8 Å². The van der Waals surface area contributed by atoms with Gasteiger partial charge >= 0.3 is 5.97 Å². The van der Waals surface area contributed by atoms with E-state index in [1.807, 2.05) is 12.1 Å². The van der Waals surface area contributed by atoms with E-state index in [0.717, 1.165) is 25.8 Å². The van der Waals surface area contributed by atoms with Crippen molar-refractivity contribution in [2.24, 2.45) is 0 Å².